The van der Waals surface area contributed by atoms with E-state index in [1.54, 1.807) is 0 Å². The summed E-state index contributed by atoms with van der Waals surface area (Å²) in [5, 5.41) is 2.14. The Bertz CT molecular complexity index is 864. The van der Waals surface area contributed by atoms with Crippen molar-refractivity contribution in [3.05, 3.63) is 78.4 Å². The van der Waals surface area contributed by atoms with E-state index in [0.717, 1.165) is 48.0 Å². The van der Waals surface area contributed by atoms with Crippen molar-refractivity contribution >= 4 is 16.7 Å². The molecule has 0 aliphatic carbocycles. The maximum Gasteiger partial charge on any atom is 0.268 e. The highest BCUT2D eigenvalue weighted by atomic mass is 16.5. The third kappa shape index (κ3) is 3.22. The number of ether oxygens (including phenoxy) is 1. The highest BCUT2D eigenvalue weighted by Crippen LogP contribution is 2.31. The Hall–Kier alpha value is -2.81. The molecule has 0 saturated carbocycles. The van der Waals surface area contributed by atoms with Gasteiger partial charge in [0.15, 0.2) is 0 Å². The molecular weight excluding hydrogens is 310 g/mol. The molecule has 3 nitrogen and oxygen atoms in total. The lowest BCUT2D eigenvalue weighted by Crippen LogP contribution is -2.35. The number of hydrogen-bond donors (Lipinski definition) is 0. The zero-order valence-electron chi connectivity index (χ0n) is 14.1. The van der Waals surface area contributed by atoms with Crippen molar-refractivity contribution in [3.63, 3.8) is 0 Å². The summed E-state index contributed by atoms with van der Waals surface area (Å²) in [5.41, 5.74) is 0.896. The van der Waals surface area contributed by atoms with E-state index in [1.807, 2.05) is 65.6 Å². The molecule has 1 amide bonds. The molecule has 3 heteroatoms. The first kappa shape index (κ1) is 15.7. The third-order valence-electron chi connectivity index (χ3n) is 4.74. The monoisotopic (exact) mass is 331 g/mol. The Balaban J connectivity index is 1.71. The normalized spacial score (nSPS) is 15.3. The van der Waals surface area contributed by atoms with Crippen LogP contribution in [0.1, 0.15) is 24.5 Å². The number of carbonyl (C=O) groups is 1. The van der Waals surface area contributed by atoms with Crippen LogP contribution in [-0.2, 0) is 4.79 Å². The molecule has 1 atom stereocenters. The maximum absolute atomic E-state index is 13.1. The minimum atomic E-state index is -0.606. The number of likely N-dealkylation sites (tertiary alicyclic amines) is 1. The molecule has 25 heavy (non-hydrogen) atoms. The second-order valence-corrected chi connectivity index (χ2v) is 6.42. The van der Waals surface area contributed by atoms with Crippen molar-refractivity contribution in [1.29, 1.82) is 0 Å². The highest BCUT2D eigenvalue weighted by molar-refractivity contribution is 5.89. The van der Waals surface area contributed by atoms with Gasteiger partial charge in [-0.3, -0.25) is 4.79 Å². The summed E-state index contributed by atoms with van der Waals surface area (Å²) in [7, 11) is 0. The smallest absolute Gasteiger partial charge is 0.268 e. The van der Waals surface area contributed by atoms with Gasteiger partial charge in [0.05, 0.1) is 0 Å². The average molecular weight is 331 g/mol. The molecular formula is C22H21NO2. The van der Waals surface area contributed by atoms with Gasteiger partial charge in [0, 0.05) is 24.0 Å². The molecule has 0 bridgehead atoms. The van der Waals surface area contributed by atoms with Crippen molar-refractivity contribution in [2.24, 2.45) is 0 Å². The second kappa shape index (κ2) is 6.98. The molecule has 0 N–H and O–H groups in total. The first-order valence-electron chi connectivity index (χ1n) is 8.81. The Morgan fingerprint density at radius 1 is 0.840 bits per heavy atom. The predicted octanol–water partition coefficient (Wildman–Crippen LogP) is 4.58. The molecule has 4 rings (SSSR count). The number of carbonyl (C=O) groups excluding carboxylic acids is 1. The van der Waals surface area contributed by atoms with E-state index in [0.29, 0.717) is 0 Å². The number of rotatable bonds is 4. The molecule has 1 heterocycles. The van der Waals surface area contributed by atoms with Crippen LogP contribution in [0.2, 0.25) is 0 Å². The van der Waals surface area contributed by atoms with E-state index in [1.165, 1.54) is 0 Å². The summed E-state index contributed by atoms with van der Waals surface area (Å²) in [6.07, 6.45) is 1.54. The van der Waals surface area contributed by atoms with Gasteiger partial charge in [-0.15, -0.1) is 0 Å². The van der Waals surface area contributed by atoms with E-state index in [2.05, 4.69) is 12.1 Å². The lowest BCUT2D eigenvalue weighted by atomic mass is 10.1. The van der Waals surface area contributed by atoms with Gasteiger partial charge in [0.25, 0.3) is 5.91 Å². The van der Waals surface area contributed by atoms with Gasteiger partial charge in [0.2, 0.25) is 6.10 Å². The fourth-order valence-corrected chi connectivity index (χ4v) is 3.42. The summed E-state index contributed by atoms with van der Waals surface area (Å²) in [6.45, 7) is 1.64. The van der Waals surface area contributed by atoms with Crippen LogP contribution in [0.15, 0.2) is 72.8 Å². The number of nitrogens with zero attached hydrogens (tertiary/aromatic N) is 1. The molecule has 126 valence electrons. The van der Waals surface area contributed by atoms with Crippen molar-refractivity contribution < 1.29 is 9.53 Å². The SMILES string of the molecule is O=C([C@@H](Oc1cccc2ccccc12)c1ccccc1)N1CCCC1. The zero-order chi connectivity index (χ0) is 17.1. The Morgan fingerprint density at radius 3 is 2.32 bits per heavy atom. The van der Waals surface area contributed by atoms with Gasteiger partial charge < -0.3 is 9.64 Å². The van der Waals surface area contributed by atoms with Gasteiger partial charge >= 0.3 is 0 Å². The Kier molecular flexibility index (Phi) is 4.38. The lowest BCUT2D eigenvalue weighted by molar-refractivity contribution is -0.137. The first-order valence-corrected chi connectivity index (χ1v) is 8.81. The van der Waals surface area contributed by atoms with E-state index in [9.17, 15) is 4.79 Å². The average Bonchev–Trinajstić information content (AvgIpc) is 3.21. The van der Waals surface area contributed by atoms with Gasteiger partial charge in [0.1, 0.15) is 5.75 Å². The van der Waals surface area contributed by atoms with Gasteiger partial charge in [-0.05, 0) is 24.3 Å². The fraction of sp³-hybridized carbons (Fsp3) is 0.227. The Morgan fingerprint density at radius 2 is 1.52 bits per heavy atom. The van der Waals surface area contributed by atoms with Crippen molar-refractivity contribution in [3.8, 4) is 5.75 Å². The molecule has 3 aromatic rings. The van der Waals surface area contributed by atoms with Crippen molar-refractivity contribution in [2.75, 3.05) is 13.1 Å². The third-order valence-corrected chi connectivity index (χ3v) is 4.74. The van der Waals surface area contributed by atoms with Crippen molar-refractivity contribution in [2.45, 2.75) is 18.9 Å². The summed E-state index contributed by atoms with van der Waals surface area (Å²) in [6, 6.07) is 23.8. The number of hydrogen-bond acceptors (Lipinski definition) is 2. The van der Waals surface area contributed by atoms with Crippen LogP contribution in [-0.4, -0.2) is 23.9 Å². The van der Waals surface area contributed by atoms with E-state index in [-0.39, 0.29) is 5.91 Å². The number of benzene rings is 3. The highest BCUT2D eigenvalue weighted by Gasteiger charge is 2.29. The van der Waals surface area contributed by atoms with Gasteiger partial charge in [-0.2, -0.15) is 0 Å². The number of amides is 1. The standard InChI is InChI=1S/C22H21NO2/c24-22(23-15-6-7-16-23)21(18-10-2-1-3-11-18)25-20-14-8-12-17-9-4-5-13-19(17)20/h1-5,8-14,21H,6-7,15-16H2/t21-/m0/s1. The molecule has 1 aliphatic rings. The quantitative estimate of drug-likeness (QED) is 0.700. The summed E-state index contributed by atoms with van der Waals surface area (Å²) >= 11 is 0. The summed E-state index contributed by atoms with van der Waals surface area (Å²) in [4.78, 5) is 15.0. The molecule has 1 fully saturated rings. The molecule has 0 spiro atoms. The first-order chi connectivity index (χ1) is 12.3. The van der Waals surface area contributed by atoms with Crippen LogP contribution < -0.4 is 4.74 Å². The van der Waals surface area contributed by atoms with Crippen LogP contribution in [0.5, 0.6) is 5.75 Å². The van der Waals surface area contributed by atoms with E-state index >= 15 is 0 Å². The minimum Gasteiger partial charge on any atom is -0.475 e. The fourth-order valence-electron chi connectivity index (χ4n) is 3.42. The molecule has 0 aromatic heterocycles. The molecule has 1 saturated heterocycles. The second-order valence-electron chi connectivity index (χ2n) is 6.42. The molecule has 1 aliphatic heterocycles. The van der Waals surface area contributed by atoms with Crippen LogP contribution in [0.4, 0.5) is 0 Å². The predicted molar refractivity (Wildman–Crippen MR) is 99.6 cm³/mol. The summed E-state index contributed by atoms with van der Waals surface area (Å²) < 4.78 is 6.30. The van der Waals surface area contributed by atoms with Crippen LogP contribution in [0.25, 0.3) is 10.8 Å². The zero-order valence-corrected chi connectivity index (χ0v) is 14.1. The molecule has 3 aromatic carbocycles. The van der Waals surface area contributed by atoms with Crippen LogP contribution >= 0.6 is 0 Å². The molecule has 0 radical (unpaired) electrons. The minimum absolute atomic E-state index is 0.0524. The van der Waals surface area contributed by atoms with Crippen LogP contribution in [0, 0.1) is 0 Å². The van der Waals surface area contributed by atoms with Crippen LogP contribution in [0.3, 0.4) is 0 Å². The lowest BCUT2D eigenvalue weighted by Gasteiger charge is -2.25. The maximum atomic E-state index is 13.1. The van der Waals surface area contributed by atoms with Gasteiger partial charge in [-0.25, -0.2) is 0 Å². The van der Waals surface area contributed by atoms with E-state index in [4.69, 9.17) is 4.74 Å². The van der Waals surface area contributed by atoms with Gasteiger partial charge in [-0.1, -0.05) is 66.7 Å². The summed E-state index contributed by atoms with van der Waals surface area (Å²) in [5.74, 6) is 0.802. The topological polar surface area (TPSA) is 29.5 Å². The largest absolute Gasteiger partial charge is 0.475 e. The van der Waals surface area contributed by atoms with E-state index < -0.39 is 6.10 Å². The van der Waals surface area contributed by atoms with Crippen molar-refractivity contribution in [1.82, 2.24) is 4.90 Å². The number of fused-ring (bicyclic) bond motifs is 1. The molecule has 0 unspecified atom stereocenters. The Labute approximate surface area is 147 Å².